The molecule has 2 aliphatic heterocycles. The summed E-state index contributed by atoms with van der Waals surface area (Å²) in [6, 6.07) is 16.6. The molecule has 160 valence electrons. The van der Waals surface area contributed by atoms with Gasteiger partial charge in [-0.15, -0.1) is 23.1 Å². The lowest BCUT2D eigenvalue weighted by atomic mass is 10.0. The van der Waals surface area contributed by atoms with Crippen LogP contribution in [0.25, 0.3) is 27.5 Å². The van der Waals surface area contributed by atoms with Gasteiger partial charge in [-0.25, -0.2) is 9.67 Å². The summed E-state index contributed by atoms with van der Waals surface area (Å²) in [5.41, 5.74) is 5.64. The van der Waals surface area contributed by atoms with Gasteiger partial charge >= 0.3 is 0 Å². The normalized spacial score (nSPS) is 15.3. The van der Waals surface area contributed by atoms with Crippen molar-refractivity contribution in [3.63, 3.8) is 0 Å². The molecule has 6 nitrogen and oxygen atoms in total. The van der Waals surface area contributed by atoms with E-state index in [9.17, 15) is 4.79 Å². The zero-order chi connectivity index (χ0) is 21.5. The number of morpholine rings is 1. The highest BCUT2D eigenvalue weighted by atomic mass is 32.2. The minimum absolute atomic E-state index is 0.0145. The molecule has 1 amide bonds. The molecule has 0 atom stereocenters. The Bertz CT molecular complexity index is 1290. The van der Waals surface area contributed by atoms with Gasteiger partial charge in [0.2, 0.25) is 0 Å². The second-order valence-electron chi connectivity index (χ2n) is 7.66. The van der Waals surface area contributed by atoms with Gasteiger partial charge in [-0.05, 0) is 18.2 Å². The van der Waals surface area contributed by atoms with Gasteiger partial charge in [0.25, 0.3) is 5.91 Å². The topological polar surface area (TPSA) is 60.2 Å². The van der Waals surface area contributed by atoms with Crippen LogP contribution in [0.15, 0.2) is 65.0 Å². The highest BCUT2D eigenvalue weighted by Gasteiger charge is 2.31. The number of thiazole rings is 1. The lowest BCUT2D eigenvalue weighted by Gasteiger charge is -2.26. The van der Waals surface area contributed by atoms with Crippen LogP contribution in [-0.4, -0.2) is 51.9 Å². The van der Waals surface area contributed by atoms with Crippen molar-refractivity contribution in [1.29, 1.82) is 0 Å². The van der Waals surface area contributed by atoms with Gasteiger partial charge in [-0.3, -0.25) is 4.79 Å². The Hall–Kier alpha value is -2.94. The van der Waals surface area contributed by atoms with Crippen LogP contribution in [-0.2, 0) is 10.5 Å². The van der Waals surface area contributed by atoms with E-state index in [1.165, 1.54) is 4.90 Å². The lowest BCUT2D eigenvalue weighted by Crippen LogP contribution is -2.41. The first kappa shape index (κ1) is 19.7. The second-order valence-corrected chi connectivity index (χ2v) is 9.58. The summed E-state index contributed by atoms with van der Waals surface area (Å²) in [5, 5.41) is 7.86. The number of nitrogens with zero attached hydrogens (tertiary/aromatic N) is 4. The fraction of sp³-hybridized carbons (Fsp3) is 0.208. The van der Waals surface area contributed by atoms with Crippen molar-refractivity contribution in [2.45, 2.75) is 10.6 Å². The molecule has 8 heteroatoms. The Labute approximate surface area is 193 Å². The van der Waals surface area contributed by atoms with Crippen molar-refractivity contribution < 1.29 is 9.53 Å². The lowest BCUT2D eigenvalue weighted by molar-refractivity contribution is 0.0298. The third-order valence-corrected chi connectivity index (χ3v) is 7.69. The molecule has 2 aromatic carbocycles. The van der Waals surface area contributed by atoms with Crippen LogP contribution in [0.1, 0.15) is 16.1 Å². The van der Waals surface area contributed by atoms with E-state index in [-0.39, 0.29) is 5.91 Å². The fourth-order valence-corrected chi connectivity index (χ4v) is 5.92. The van der Waals surface area contributed by atoms with Crippen LogP contribution < -0.4 is 0 Å². The number of aromatic nitrogens is 3. The number of hydrogen-bond acceptors (Lipinski definition) is 6. The third-order valence-electron chi connectivity index (χ3n) is 5.77. The predicted octanol–water partition coefficient (Wildman–Crippen LogP) is 4.74. The fourth-order valence-electron chi connectivity index (χ4n) is 4.21. The van der Waals surface area contributed by atoms with Gasteiger partial charge < -0.3 is 9.64 Å². The molecule has 1 fully saturated rings. The first-order valence-corrected chi connectivity index (χ1v) is 12.4. The van der Waals surface area contributed by atoms with Crippen LogP contribution in [0.4, 0.5) is 0 Å². The summed E-state index contributed by atoms with van der Waals surface area (Å²) >= 11 is 3.37. The molecule has 2 aliphatic rings. The Morgan fingerprint density at radius 2 is 1.94 bits per heavy atom. The van der Waals surface area contributed by atoms with Crippen molar-refractivity contribution in [3.8, 4) is 27.5 Å². The van der Waals surface area contributed by atoms with Gasteiger partial charge in [-0.1, -0.05) is 30.3 Å². The van der Waals surface area contributed by atoms with Crippen molar-refractivity contribution in [3.05, 3.63) is 71.4 Å². The van der Waals surface area contributed by atoms with Crippen LogP contribution >= 0.6 is 23.1 Å². The average molecular weight is 461 g/mol. The van der Waals surface area contributed by atoms with Crippen molar-refractivity contribution in [2.75, 3.05) is 26.3 Å². The van der Waals surface area contributed by atoms with Crippen LogP contribution in [0.5, 0.6) is 0 Å². The summed E-state index contributed by atoms with van der Waals surface area (Å²) in [5.74, 6) is 0.712. The van der Waals surface area contributed by atoms with E-state index in [0.717, 1.165) is 38.8 Å². The minimum Gasteiger partial charge on any atom is -0.378 e. The number of fused-ring (bicyclic) bond motifs is 3. The molecule has 0 aliphatic carbocycles. The van der Waals surface area contributed by atoms with Gasteiger partial charge in [0.05, 0.1) is 24.6 Å². The van der Waals surface area contributed by atoms with Crippen LogP contribution in [0.2, 0.25) is 0 Å². The Morgan fingerprint density at radius 3 is 2.78 bits per heavy atom. The number of benzene rings is 2. The third kappa shape index (κ3) is 3.35. The summed E-state index contributed by atoms with van der Waals surface area (Å²) in [4.78, 5) is 21.0. The van der Waals surface area contributed by atoms with Crippen LogP contribution in [0, 0.1) is 0 Å². The molecule has 0 N–H and O–H groups in total. The monoisotopic (exact) mass is 460 g/mol. The summed E-state index contributed by atoms with van der Waals surface area (Å²) in [6.07, 6.45) is 1.81. The van der Waals surface area contributed by atoms with Crippen molar-refractivity contribution in [2.24, 2.45) is 0 Å². The quantitative estimate of drug-likeness (QED) is 0.442. The smallest absolute Gasteiger partial charge is 0.274 e. The Kier molecular flexibility index (Phi) is 5.05. The number of carbonyl (C=O) groups is 1. The molecule has 0 radical (unpaired) electrons. The van der Waals surface area contributed by atoms with Gasteiger partial charge in [-0.2, -0.15) is 5.10 Å². The van der Waals surface area contributed by atoms with E-state index >= 15 is 0 Å². The molecule has 1 saturated heterocycles. The van der Waals surface area contributed by atoms with Crippen molar-refractivity contribution >= 4 is 29.0 Å². The molecule has 4 heterocycles. The Balaban J connectivity index is 1.52. The molecule has 0 unspecified atom stereocenters. The minimum atomic E-state index is -0.0145. The number of thioether (sulfide) groups is 1. The maximum absolute atomic E-state index is 13.5. The number of hydrogen-bond donors (Lipinski definition) is 0. The molecular weight excluding hydrogens is 440 g/mol. The summed E-state index contributed by atoms with van der Waals surface area (Å²) in [7, 11) is 0. The van der Waals surface area contributed by atoms with Crippen molar-refractivity contribution in [1.82, 2.24) is 19.7 Å². The van der Waals surface area contributed by atoms with E-state index in [1.54, 1.807) is 23.1 Å². The first-order valence-electron chi connectivity index (χ1n) is 10.5. The molecule has 0 spiro atoms. The number of rotatable bonds is 3. The molecule has 4 aromatic rings. The molecule has 0 bridgehead atoms. The maximum Gasteiger partial charge on any atom is 0.274 e. The Morgan fingerprint density at radius 1 is 1.06 bits per heavy atom. The predicted molar refractivity (Wildman–Crippen MR) is 126 cm³/mol. The summed E-state index contributed by atoms with van der Waals surface area (Å²) < 4.78 is 7.38. The average Bonchev–Trinajstić information content (AvgIpc) is 3.53. The molecule has 6 rings (SSSR count). The number of ether oxygens (including phenoxy) is 1. The van der Waals surface area contributed by atoms with E-state index in [0.29, 0.717) is 32.0 Å². The second kappa shape index (κ2) is 8.20. The largest absolute Gasteiger partial charge is 0.378 e. The van der Waals surface area contributed by atoms with E-state index in [2.05, 4.69) is 35.3 Å². The SMILES string of the molecule is O=C(c1nn(-c2cccc(-c3nccs3)c2)c2c1CSc1ccccc1-2)N1CCOCC1. The van der Waals surface area contributed by atoms with Gasteiger partial charge in [0.1, 0.15) is 5.01 Å². The van der Waals surface area contributed by atoms with E-state index in [1.807, 2.05) is 39.4 Å². The molecule has 0 saturated carbocycles. The molecule has 2 aromatic heterocycles. The highest BCUT2D eigenvalue weighted by Crippen LogP contribution is 2.44. The molecular formula is C24H20N4O2S2. The van der Waals surface area contributed by atoms with Gasteiger partial charge in [0.15, 0.2) is 5.69 Å². The molecule has 32 heavy (non-hydrogen) atoms. The summed E-state index contributed by atoms with van der Waals surface area (Å²) in [6.45, 7) is 2.34. The standard InChI is InChI=1S/C24H20N4O2S2/c29-24(27-9-11-30-12-10-27)21-19-15-32-20-7-2-1-6-18(20)22(19)28(26-21)17-5-3-4-16(14-17)23-25-8-13-31-23/h1-8,13-14H,9-12,15H2. The maximum atomic E-state index is 13.5. The first-order chi connectivity index (χ1) is 15.8. The van der Waals surface area contributed by atoms with Gasteiger partial charge in [0, 0.05) is 52.0 Å². The van der Waals surface area contributed by atoms with E-state index in [4.69, 9.17) is 9.84 Å². The van der Waals surface area contributed by atoms with E-state index < -0.39 is 0 Å². The number of amides is 1. The highest BCUT2D eigenvalue weighted by molar-refractivity contribution is 7.98. The van der Waals surface area contributed by atoms with Crippen LogP contribution in [0.3, 0.4) is 0 Å². The zero-order valence-electron chi connectivity index (χ0n) is 17.2. The number of carbonyl (C=O) groups excluding carboxylic acids is 1. The zero-order valence-corrected chi connectivity index (χ0v) is 18.9.